The number of rotatable bonds is 2. The molecule has 1 amide bonds. The summed E-state index contributed by atoms with van der Waals surface area (Å²) in [5.41, 5.74) is 2.87. The summed E-state index contributed by atoms with van der Waals surface area (Å²) in [6, 6.07) is 9.57. The first kappa shape index (κ1) is 15.0. The average molecular weight is 330 g/mol. The van der Waals surface area contributed by atoms with E-state index in [1.54, 1.807) is 24.3 Å². The monoisotopic (exact) mass is 329 g/mol. The summed E-state index contributed by atoms with van der Waals surface area (Å²) in [6.45, 7) is 5.24. The lowest BCUT2D eigenvalue weighted by molar-refractivity contribution is 0.0240. The van der Waals surface area contributed by atoms with E-state index in [1.165, 1.54) is 6.42 Å². The van der Waals surface area contributed by atoms with E-state index < -0.39 is 5.54 Å². The normalized spacial score (nSPS) is 41.0. The van der Waals surface area contributed by atoms with Crippen molar-refractivity contribution in [1.82, 2.24) is 10.4 Å². The van der Waals surface area contributed by atoms with Crippen LogP contribution in [0.2, 0.25) is 5.02 Å². The molecule has 2 saturated carbocycles. The van der Waals surface area contributed by atoms with Gasteiger partial charge in [-0.3, -0.25) is 10.2 Å². The van der Waals surface area contributed by atoms with Gasteiger partial charge < -0.3 is 0 Å². The molecule has 0 spiro atoms. The van der Waals surface area contributed by atoms with Crippen LogP contribution in [0.5, 0.6) is 0 Å². The van der Waals surface area contributed by atoms with Gasteiger partial charge in [0.25, 0.3) is 5.91 Å². The van der Waals surface area contributed by atoms with E-state index in [0.29, 0.717) is 16.5 Å². The average Bonchev–Trinajstić information content (AvgIpc) is 2.96. The molecule has 0 radical (unpaired) electrons. The maximum Gasteiger partial charge on any atom is 0.267 e. The number of halogens is 1. The van der Waals surface area contributed by atoms with E-state index in [-0.39, 0.29) is 16.7 Å². The number of hydrogen-bond acceptors (Lipinski definition) is 3. The summed E-state index contributed by atoms with van der Waals surface area (Å²) in [7, 11) is 0. The fraction of sp³-hybridized carbons (Fsp3) is 0.556. The minimum Gasteiger partial charge on any atom is -0.283 e. The molecule has 1 aliphatic heterocycles. The van der Waals surface area contributed by atoms with E-state index in [4.69, 9.17) is 11.6 Å². The van der Waals surface area contributed by atoms with Crippen LogP contribution in [0.3, 0.4) is 0 Å². The molecule has 1 aromatic rings. The fourth-order valence-corrected chi connectivity index (χ4v) is 5.70. The largest absolute Gasteiger partial charge is 0.283 e. The second kappa shape index (κ2) is 4.49. The van der Waals surface area contributed by atoms with Gasteiger partial charge in [0.15, 0.2) is 0 Å². The Morgan fingerprint density at radius 1 is 1.43 bits per heavy atom. The van der Waals surface area contributed by atoms with Crippen molar-refractivity contribution < 1.29 is 4.79 Å². The summed E-state index contributed by atoms with van der Waals surface area (Å²) in [6.07, 6.45) is 3.10. The van der Waals surface area contributed by atoms with Crippen LogP contribution < -0.4 is 5.43 Å². The maximum absolute atomic E-state index is 12.6. The summed E-state index contributed by atoms with van der Waals surface area (Å²) >= 11 is 6.13. The smallest absolute Gasteiger partial charge is 0.267 e. The standard InChI is InChI=1S/C18H20ClN3O/c1-16-11-22(21-15(23)13-5-3-4-6-14(13)19)18(10-20)9-12(16)7-8-17(16,18)2/h3-6,12H,7-9,11H2,1-2H3,(H,21,23). The van der Waals surface area contributed by atoms with Gasteiger partial charge >= 0.3 is 0 Å². The molecule has 1 N–H and O–H groups in total. The Morgan fingerprint density at radius 2 is 2.17 bits per heavy atom. The number of nitriles is 1. The highest BCUT2D eigenvalue weighted by Gasteiger charge is 2.78. The van der Waals surface area contributed by atoms with Gasteiger partial charge in [0.2, 0.25) is 0 Å². The Hall–Kier alpha value is -1.57. The number of hydrazine groups is 1. The quantitative estimate of drug-likeness (QED) is 0.904. The van der Waals surface area contributed by atoms with Crippen molar-refractivity contribution in [2.24, 2.45) is 16.7 Å². The lowest BCUT2D eigenvalue weighted by Crippen LogP contribution is -2.59. The van der Waals surface area contributed by atoms with Crippen molar-refractivity contribution in [1.29, 1.82) is 5.26 Å². The fourth-order valence-electron chi connectivity index (χ4n) is 5.47. The third kappa shape index (κ3) is 1.57. The molecule has 1 saturated heterocycles. The topological polar surface area (TPSA) is 56.1 Å². The molecule has 3 aliphatic rings. The first-order valence-corrected chi connectivity index (χ1v) is 8.50. The van der Waals surface area contributed by atoms with Crippen LogP contribution in [-0.2, 0) is 0 Å². The van der Waals surface area contributed by atoms with E-state index >= 15 is 0 Å². The van der Waals surface area contributed by atoms with Gasteiger partial charge in [-0.1, -0.05) is 37.6 Å². The van der Waals surface area contributed by atoms with Gasteiger partial charge in [0, 0.05) is 12.0 Å². The van der Waals surface area contributed by atoms with Crippen molar-refractivity contribution >= 4 is 17.5 Å². The molecule has 1 aromatic carbocycles. The zero-order chi connectivity index (χ0) is 16.5. The first-order valence-electron chi connectivity index (χ1n) is 8.12. The number of hydrogen-bond donors (Lipinski definition) is 1. The number of nitrogens with zero attached hydrogens (tertiary/aromatic N) is 2. The molecule has 4 nitrogen and oxygen atoms in total. The van der Waals surface area contributed by atoms with Crippen LogP contribution in [0.4, 0.5) is 0 Å². The van der Waals surface area contributed by atoms with Gasteiger partial charge in [0.1, 0.15) is 5.54 Å². The van der Waals surface area contributed by atoms with Crippen molar-refractivity contribution in [3.8, 4) is 6.07 Å². The molecule has 3 fully saturated rings. The van der Waals surface area contributed by atoms with Crippen molar-refractivity contribution in [2.45, 2.75) is 38.6 Å². The molecule has 4 unspecified atom stereocenters. The molecule has 4 rings (SSSR count). The van der Waals surface area contributed by atoms with E-state index in [0.717, 1.165) is 19.4 Å². The number of amides is 1. The van der Waals surface area contributed by atoms with Crippen LogP contribution in [0.15, 0.2) is 24.3 Å². The van der Waals surface area contributed by atoms with Crippen LogP contribution in [-0.4, -0.2) is 23.0 Å². The molecule has 4 bridgehead atoms. The molecule has 120 valence electrons. The van der Waals surface area contributed by atoms with Crippen LogP contribution in [0.25, 0.3) is 0 Å². The molecular weight excluding hydrogens is 310 g/mol. The van der Waals surface area contributed by atoms with E-state index in [1.807, 2.05) is 5.01 Å². The molecule has 0 aromatic heterocycles. The van der Waals surface area contributed by atoms with Crippen molar-refractivity contribution in [3.63, 3.8) is 0 Å². The third-order valence-corrected chi connectivity index (χ3v) is 7.43. The SMILES string of the molecule is CC12CN(NC(=O)c3ccccc3Cl)C3(C#N)CC1CCC23C. The van der Waals surface area contributed by atoms with Crippen LogP contribution >= 0.6 is 11.6 Å². The van der Waals surface area contributed by atoms with Gasteiger partial charge in [-0.2, -0.15) is 10.3 Å². The van der Waals surface area contributed by atoms with Crippen LogP contribution in [0.1, 0.15) is 43.5 Å². The minimum atomic E-state index is -0.596. The highest BCUT2D eigenvalue weighted by Crippen LogP contribution is 2.75. The number of carbonyl (C=O) groups excluding carboxylic acids is 1. The lowest BCUT2D eigenvalue weighted by atomic mass is 9.66. The Balaban J connectivity index is 1.66. The highest BCUT2D eigenvalue weighted by molar-refractivity contribution is 6.33. The Bertz CT molecular complexity index is 744. The first-order chi connectivity index (χ1) is 10.9. The molecule has 4 atom stereocenters. The Kier molecular flexibility index (Phi) is 2.93. The second-order valence-electron chi connectivity index (χ2n) is 7.67. The van der Waals surface area contributed by atoms with Crippen molar-refractivity contribution in [3.05, 3.63) is 34.9 Å². The highest BCUT2D eigenvalue weighted by atomic mass is 35.5. The molecule has 2 aliphatic carbocycles. The lowest BCUT2D eigenvalue weighted by Gasteiger charge is -2.42. The van der Waals surface area contributed by atoms with Gasteiger partial charge in [-0.15, -0.1) is 0 Å². The summed E-state index contributed by atoms with van der Waals surface area (Å²) in [5, 5.41) is 12.3. The Morgan fingerprint density at radius 3 is 2.83 bits per heavy atom. The summed E-state index contributed by atoms with van der Waals surface area (Å²) in [5.74, 6) is 0.349. The minimum absolute atomic E-state index is 0.0623. The number of nitrogens with one attached hydrogen (secondary N) is 1. The molecule has 23 heavy (non-hydrogen) atoms. The third-order valence-electron chi connectivity index (χ3n) is 7.10. The van der Waals surface area contributed by atoms with Gasteiger partial charge in [-0.05, 0) is 42.7 Å². The Labute approximate surface area is 141 Å². The molecule has 5 heteroatoms. The number of piperidine rings is 1. The van der Waals surface area contributed by atoms with Gasteiger partial charge in [-0.25, -0.2) is 0 Å². The number of carbonyl (C=O) groups is 1. The van der Waals surface area contributed by atoms with E-state index in [2.05, 4.69) is 25.3 Å². The predicted octanol–water partition coefficient (Wildman–Crippen LogP) is 3.39. The van der Waals surface area contributed by atoms with Gasteiger partial charge in [0.05, 0.1) is 16.7 Å². The maximum atomic E-state index is 12.6. The summed E-state index contributed by atoms with van der Waals surface area (Å²) < 4.78 is 0. The predicted molar refractivity (Wildman–Crippen MR) is 87.5 cm³/mol. The zero-order valence-corrected chi connectivity index (χ0v) is 14.2. The molecule has 1 heterocycles. The molecular formula is C18H20ClN3O. The number of benzene rings is 1. The van der Waals surface area contributed by atoms with Crippen LogP contribution in [0, 0.1) is 28.1 Å². The zero-order valence-electron chi connectivity index (χ0n) is 13.4. The van der Waals surface area contributed by atoms with Crippen molar-refractivity contribution in [2.75, 3.05) is 6.54 Å². The van der Waals surface area contributed by atoms with E-state index in [9.17, 15) is 10.1 Å². The second-order valence-corrected chi connectivity index (χ2v) is 8.08. The summed E-state index contributed by atoms with van der Waals surface area (Å²) in [4.78, 5) is 12.6.